The zero-order chi connectivity index (χ0) is 13.1. The smallest absolute Gasteiger partial charge is 0.312 e. The van der Waals surface area contributed by atoms with Gasteiger partial charge in [-0.15, -0.1) is 10.2 Å². The van der Waals surface area contributed by atoms with Gasteiger partial charge >= 0.3 is 5.97 Å². The third-order valence-electron chi connectivity index (χ3n) is 2.23. The summed E-state index contributed by atoms with van der Waals surface area (Å²) in [5.74, 6) is 0.990. The SMILES string of the molecule is CCc1nnc(SCOC(=O)C(C)(C)C)n1C. The van der Waals surface area contributed by atoms with Crippen LogP contribution in [-0.2, 0) is 23.0 Å². The van der Waals surface area contributed by atoms with Gasteiger partial charge in [-0.1, -0.05) is 6.92 Å². The van der Waals surface area contributed by atoms with Crippen molar-refractivity contribution >= 4 is 17.7 Å². The fourth-order valence-corrected chi connectivity index (χ4v) is 1.80. The molecule has 0 aliphatic carbocycles. The molecule has 0 saturated heterocycles. The summed E-state index contributed by atoms with van der Waals surface area (Å²) >= 11 is 1.37. The predicted molar refractivity (Wildman–Crippen MR) is 66.7 cm³/mol. The number of esters is 1. The van der Waals surface area contributed by atoms with Gasteiger partial charge in [-0.05, 0) is 32.5 Å². The van der Waals surface area contributed by atoms with Crippen LogP contribution in [0.4, 0.5) is 0 Å². The Morgan fingerprint density at radius 1 is 1.41 bits per heavy atom. The van der Waals surface area contributed by atoms with Gasteiger partial charge in [0.25, 0.3) is 0 Å². The number of rotatable bonds is 4. The maximum absolute atomic E-state index is 11.5. The van der Waals surface area contributed by atoms with Gasteiger partial charge in [0.1, 0.15) is 11.8 Å². The zero-order valence-electron chi connectivity index (χ0n) is 11.0. The molecule has 17 heavy (non-hydrogen) atoms. The van der Waals surface area contributed by atoms with Crippen LogP contribution in [0.2, 0.25) is 0 Å². The van der Waals surface area contributed by atoms with Gasteiger partial charge in [-0.2, -0.15) is 0 Å². The summed E-state index contributed by atoms with van der Waals surface area (Å²) in [5.41, 5.74) is -0.463. The first-order valence-electron chi connectivity index (χ1n) is 5.54. The summed E-state index contributed by atoms with van der Waals surface area (Å²) < 4.78 is 7.06. The van der Waals surface area contributed by atoms with Crippen molar-refractivity contribution in [2.75, 3.05) is 5.94 Å². The van der Waals surface area contributed by atoms with Crippen LogP contribution >= 0.6 is 11.8 Å². The molecule has 0 saturated carbocycles. The van der Waals surface area contributed by atoms with Gasteiger partial charge < -0.3 is 9.30 Å². The standard InChI is InChI=1S/C11H19N3O2S/c1-6-8-12-13-10(14(8)5)17-7-16-9(15)11(2,3)4/h6-7H2,1-5H3. The van der Waals surface area contributed by atoms with Crippen LogP contribution in [0.1, 0.15) is 33.5 Å². The first-order valence-corrected chi connectivity index (χ1v) is 6.53. The molecule has 0 bridgehead atoms. The van der Waals surface area contributed by atoms with Crippen molar-refractivity contribution in [1.29, 1.82) is 0 Å². The largest absolute Gasteiger partial charge is 0.454 e. The molecule has 0 aromatic carbocycles. The molecule has 0 aliphatic heterocycles. The molecule has 0 fully saturated rings. The van der Waals surface area contributed by atoms with Gasteiger partial charge in [-0.25, -0.2) is 0 Å². The van der Waals surface area contributed by atoms with Crippen molar-refractivity contribution in [3.05, 3.63) is 5.82 Å². The third kappa shape index (κ3) is 3.73. The summed E-state index contributed by atoms with van der Waals surface area (Å²) in [6.07, 6.45) is 0.839. The number of aryl methyl sites for hydroxylation is 1. The summed E-state index contributed by atoms with van der Waals surface area (Å²) in [5, 5.41) is 8.83. The fourth-order valence-electron chi connectivity index (χ4n) is 1.13. The van der Waals surface area contributed by atoms with Crippen molar-refractivity contribution in [3.63, 3.8) is 0 Å². The quantitative estimate of drug-likeness (QED) is 0.469. The van der Waals surface area contributed by atoms with Gasteiger partial charge in [0.15, 0.2) is 5.16 Å². The molecule has 0 atom stereocenters. The van der Waals surface area contributed by atoms with Crippen LogP contribution < -0.4 is 0 Å². The molecule has 0 aliphatic rings. The Bertz CT molecular complexity index is 396. The molecule has 96 valence electrons. The van der Waals surface area contributed by atoms with Crippen molar-refractivity contribution in [3.8, 4) is 0 Å². The lowest BCUT2D eigenvalue weighted by Crippen LogP contribution is -2.22. The molecule has 0 spiro atoms. The molecule has 1 aromatic rings. The minimum absolute atomic E-state index is 0.206. The number of carbonyl (C=O) groups is 1. The normalized spacial score (nSPS) is 11.6. The van der Waals surface area contributed by atoms with E-state index in [2.05, 4.69) is 10.2 Å². The van der Waals surface area contributed by atoms with Crippen LogP contribution in [0.5, 0.6) is 0 Å². The highest BCUT2D eigenvalue weighted by Gasteiger charge is 2.23. The van der Waals surface area contributed by atoms with E-state index in [0.29, 0.717) is 0 Å². The first-order chi connectivity index (χ1) is 7.86. The second-order valence-corrected chi connectivity index (χ2v) is 5.64. The highest BCUT2D eigenvalue weighted by atomic mass is 32.2. The predicted octanol–water partition coefficient (Wildman–Crippen LogP) is 2.02. The maximum Gasteiger partial charge on any atom is 0.312 e. The molecule has 5 nitrogen and oxygen atoms in total. The van der Waals surface area contributed by atoms with E-state index in [9.17, 15) is 4.79 Å². The van der Waals surface area contributed by atoms with Crippen molar-refractivity contribution in [1.82, 2.24) is 14.8 Å². The number of thioether (sulfide) groups is 1. The molecular formula is C11H19N3O2S. The topological polar surface area (TPSA) is 57.0 Å². The van der Waals surface area contributed by atoms with E-state index >= 15 is 0 Å². The van der Waals surface area contributed by atoms with Crippen LogP contribution in [0.15, 0.2) is 5.16 Å². The lowest BCUT2D eigenvalue weighted by Gasteiger charge is -2.15. The van der Waals surface area contributed by atoms with Crippen molar-refractivity contribution < 1.29 is 9.53 Å². The van der Waals surface area contributed by atoms with E-state index in [1.54, 1.807) is 0 Å². The lowest BCUT2D eigenvalue weighted by atomic mass is 9.98. The van der Waals surface area contributed by atoms with Gasteiger partial charge in [0, 0.05) is 13.5 Å². The number of aromatic nitrogens is 3. The molecule has 6 heteroatoms. The Morgan fingerprint density at radius 2 is 2.06 bits per heavy atom. The van der Waals surface area contributed by atoms with E-state index in [1.165, 1.54) is 11.8 Å². The molecule has 0 amide bonds. The maximum atomic E-state index is 11.5. The van der Waals surface area contributed by atoms with Crippen molar-refractivity contribution in [2.45, 2.75) is 39.3 Å². The Kier molecular flexibility index (Phi) is 4.56. The summed E-state index contributed by atoms with van der Waals surface area (Å²) in [6, 6.07) is 0. The van der Waals surface area contributed by atoms with E-state index in [1.807, 2.05) is 39.3 Å². The highest BCUT2D eigenvalue weighted by molar-refractivity contribution is 7.99. The number of nitrogens with zero attached hydrogens (tertiary/aromatic N) is 3. The van der Waals surface area contributed by atoms with Gasteiger partial charge in [0.2, 0.25) is 0 Å². The minimum Gasteiger partial charge on any atom is -0.454 e. The molecule has 1 heterocycles. The fraction of sp³-hybridized carbons (Fsp3) is 0.727. The lowest BCUT2D eigenvalue weighted by molar-refractivity contribution is -0.150. The van der Waals surface area contributed by atoms with Crippen LogP contribution in [0.25, 0.3) is 0 Å². The van der Waals surface area contributed by atoms with Crippen LogP contribution in [0.3, 0.4) is 0 Å². The third-order valence-corrected chi connectivity index (χ3v) is 3.08. The summed E-state index contributed by atoms with van der Waals surface area (Å²) in [7, 11) is 1.91. The molecule has 0 unspecified atom stereocenters. The molecule has 1 rings (SSSR count). The number of ether oxygens (including phenoxy) is 1. The Hall–Kier alpha value is -1.04. The van der Waals surface area contributed by atoms with E-state index in [0.717, 1.165) is 17.4 Å². The highest BCUT2D eigenvalue weighted by Crippen LogP contribution is 2.20. The zero-order valence-corrected chi connectivity index (χ0v) is 11.8. The van der Waals surface area contributed by atoms with E-state index in [4.69, 9.17) is 4.74 Å². The molecule has 1 aromatic heterocycles. The van der Waals surface area contributed by atoms with Crippen LogP contribution in [-0.4, -0.2) is 26.7 Å². The van der Waals surface area contributed by atoms with Crippen molar-refractivity contribution in [2.24, 2.45) is 12.5 Å². The molecular weight excluding hydrogens is 238 g/mol. The monoisotopic (exact) mass is 257 g/mol. The number of hydrogen-bond donors (Lipinski definition) is 0. The number of hydrogen-bond acceptors (Lipinski definition) is 5. The Balaban J connectivity index is 2.46. The second-order valence-electron chi connectivity index (χ2n) is 4.76. The average Bonchev–Trinajstić information content (AvgIpc) is 2.58. The van der Waals surface area contributed by atoms with E-state index < -0.39 is 5.41 Å². The Morgan fingerprint density at radius 3 is 2.53 bits per heavy atom. The molecule has 0 radical (unpaired) electrons. The summed E-state index contributed by atoms with van der Waals surface area (Å²) in [4.78, 5) is 11.5. The summed E-state index contributed by atoms with van der Waals surface area (Å²) in [6.45, 7) is 7.52. The van der Waals surface area contributed by atoms with Crippen LogP contribution in [0, 0.1) is 5.41 Å². The molecule has 0 N–H and O–H groups in total. The number of carbonyl (C=O) groups excluding carboxylic acids is 1. The van der Waals surface area contributed by atoms with E-state index in [-0.39, 0.29) is 11.9 Å². The Labute approximate surface area is 106 Å². The minimum atomic E-state index is -0.463. The average molecular weight is 257 g/mol. The van der Waals surface area contributed by atoms with Gasteiger partial charge in [0.05, 0.1) is 5.41 Å². The second kappa shape index (κ2) is 5.53. The van der Waals surface area contributed by atoms with Gasteiger partial charge in [-0.3, -0.25) is 4.79 Å². The first kappa shape index (κ1) is 14.0.